The summed E-state index contributed by atoms with van der Waals surface area (Å²) >= 11 is 0. The predicted molar refractivity (Wildman–Crippen MR) is 102 cm³/mol. The molecular formula is C19H24N2O4S. The van der Waals surface area contributed by atoms with Gasteiger partial charge in [-0.15, -0.1) is 0 Å². The molecule has 2 rings (SSSR count). The third-order valence-electron chi connectivity index (χ3n) is 3.72. The number of amides is 2. The summed E-state index contributed by atoms with van der Waals surface area (Å²) < 4.78 is 28.5. The van der Waals surface area contributed by atoms with Crippen LogP contribution in [0.5, 0.6) is 5.75 Å². The summed E-state index contributed by atoms with van der Waals surface area (Å²) in [7, 11) is -3.23. The Morgan fingerprint density at radius 1 is 1.15 bits per heavy atom. The van der Waals surface area contributed by atoms with Crippen LogP contribution in [0.1, 0.15) is 31.9 Å². The molecule has 7 heteroatoms. The summed E-state index contributed by atoms with van der Waals surface area (Å²) in [6.07, 6.45) is 2.07. The van der Waals surface area contributed by atoms with Gasteiger partial charge in [0.25, 0.3) is 0 Å². The van der Waals surface area contributed by atoms with E-state index in [0.717, 1.165) is 18.2 Å². The summed E-state index contributed by atoms with van der Waals surface area (Å²) in [5.74, 6) is 0.703. The van der Waals surface area contributed by atoms with Crippen LogP contribution in [-0.4, -0.2) is 27.3 Å². The molecule has 0 aromatic heterocycles. The van der Waals surface area contributed by atoms with Crippen LogP contribution in [0.25, 0.3) is 0 Å². The summed E-state index contributed by atoms with van der Waals surface area (Å²) in [6.45, 7) is 4.48. The van der Waals surface area contributed by atoms with Crippen molar-refractivity contribution in [2.75, 3.05) is 18.2 Å². The molecule has 0 radical (unpaired) electrons. The van der Waals surface area contributed by atoms with Gasteiger partial charge in [-0.05, 0) is 43.2 Å². The van der Waals surface area contributed by atoms with E-state index in [9.17, 15) is 13.2 Å². The zero-order chi connectivity index (χ0) is 19.2. The molecule has 1 unspecified atom stereocenters. The maximum absolute atomic E-state index is 12.2. The number of hydrogen-bond acceptors (Lipinski definition) is 4. The average molecular weight is 376 g/mol. The van der Waals surface area contributed by atoms with Gasteiger partial charge in [0.2, 0.25) is 0 Å². The third-order valence-corrected chi connectivity index (χ3v) is 4.85. The number of urea groups is 1. The van der Waals surface area contributed by atoms with Crippen LogP contribution in [0.3, 0.4) is 0 Å². The quantitative estimate of drug-likeness (QED) is 0.770. The molecule has 0 spiro atoms. The molecule has 0 aliphatic carbocycles. The predicted octanol–water partition coefficient (Wildman–Crippen LogP) is 3.76. The molecule has 0 saturated carbocycles. The first-order valence-corrected chi connectivity index (χ1v) is 10.3. The maximum Gasteiger partial charge on any atom is 0.319 e. The molecule has 0 fully saturated rings. The zero-order valence-corrected chi connectivity index (χ0v) is 16.0. The van der Waals surface area contributed by atoms with Crippen molar-refractivity contribution in [3.63, 3.8) is 0 Å². The maximum atomic E-state index is 12.2. The SMILES string of the molecule is CCCOc1cccc(NC(=O)NC(C)c2ccc(S(C)(=O)=O)cc2)c1. The molecule has 1 atom stereocenters. The average Bonchev–Trinajstić information content (AvgIpc) is 2.59. The summed E-state index contributed by atoms with van der Waals surface area (Å²) in [6, 6.07) is 13.0. The number of ether oxygens (including phenoxy) is 1. The topological polar surface area (TPSA) is 84.5 Å². The summed E-state index contributed by atoms with van der Waals surface area (Å²) in [4.78, 5) is 12.4. The minimum absolute atomic E-state index is 0.252. The van der Waals surface area contributed by atoms with Crippen molar-refractivity contribution in [1.29, 1.82) is 0 Å². The fourth-order valence-corrected chi connectivity index (χ4v) is 2.96. The van der Waals surface area contributed by atoms with Gasteiger partial charge in [-0.2, -0.15) is 0 Å². The van der Waals surface area contributed by atoms with Crippen molar-refractivity contribution in [1.82, 2.24) is 5.32 Å². The second-order valence-corrected chi connectivity index (χ2v) is 8.05. The number of nitrogens with one attached hydrogen (secondary N) is 2. The minimum atomic E-state index is -3.23. The number of benzene rings is 2. The highest BCUT2D eigenvalue weighted by Gasteiger charge is 2.12. The normalized spacial score (nSPS) is 12.3. The summed E-state index contributed by atoms with van der Waals surface area (Å²) in [5.41, 5.74) is 1.45. The van der Waals surface area contributed by atoms with Crippen LogP contribution in [0, 0.1) is 0 Å². The van der Waals surface area contributed by atoms with Gasteiger partial charge >= 0.3 is 6.03 Å². The molecule has 140 valence electrons. The second kappa shape index (κ2) is 8.71. The van der Waals surface area contributed by atoms with E-state index in [0.29, 0.717) is 18.0 Å². The highest BCUT2D eigenvalue weighted by atomic mass is 32.2. The van der Waals surface area contributed by atoms with Crippen molar-refractivity contribution in [3.8, 4) is 5.75 Å². The first kappa shape index (κ1) is 19.8. The Morgan fingerprint density at radius 3 is 2.46 bits per heavy atom. The molecule has 0 saturated heterocycles. The molecule has 2 amide bonds. The Hall–Kier alpha value is -2.54. The number of hydrogen-bond donors (Lipinski definition) is 2. The van der Waals surface area contributed by atoms with Crippen molar-refractivity contribution in [3.05, 3.63) is 54.1 Å². The highest BCUT2D eigenvalue weighted by Crippen LogP contribution is 2.19. The lowest BCUT2D eigenvalue weighted by Crippen LogP contribution is -2.31. The van der Waals surface area contributed by atoms with E-state index in [4.69, 9.17) is 4.74 Å². The molecule has 6 nitrogen and oxygen atoms in total. The number of anilines is 1. The molecule has 2 N–H and O–H groups in total. The van der Waals surface area contributed by atoms with Crippen LogP contribution in [0.15, 0.2) is 53.4 Å². The molecule has 2 aromatic rings. The van der Waals surface area contributed by atoms with Gasteiger partial charge in [0.1, 0.15) is 5.75 Å². The van der Waals surface area contributed by atoms with Gasteiger partial charge in [0.15, 0.2) is 9.84 Å². The standard InChI is InChI=1S/C19H24N2O4S/c1-4-12-25-17-7-5-6-16(13-17)21-19(22)20-14(2)15-8-10-18(11-9-15)26(3,23)24/h5-11,13-14H,4,12H2,1-3H3,(H2,20,21,22). The van der Waals surface area contributed by atoms with E-state index in [1.807, 2.05) is 26.0 Å². The molecule has 0 bridgehead atoms. The summed E-state index contributed by atoms with van der Waals surface area (Å²) in [5, 5.41) is 5.59. The number of sulfone groups is 1. The van der Waals surface area contributed by atoms with E-state index >= 15 is 0 Å². The minimum Gasteiger partial charge on any atom is -0.494 e. The fourth-order valence-electron chi connectivity index (χ4n) is 2.33. The Bertz CT molecular complexity index is 848. The highest BCUT2D eigenvalue weighted by molar-refractivity contribution is 7.90. The van der Waals surface area contributed by atoms with Crippen molar-refractivity contribution >= 4 is 21.6 Å². The van der Waals surface area contributed by atoms with Crippen molar-refractivity contribution < 1.29 is 17.9 Å². The first-order valence-electron chi connectivity index (χ1n) is 8.40. The van der Waals surface area contributed by atoms with Gasteiger partial charge in [0.05, 0.1) is 17.5 Å². The third kappa shape index (κ3) is 5.77. The Labute approximate surface area is 154 Å². The lowest BCUT2D eigenvalue weighted by molar-refractivity contribution is 0.249. The Morgan fingerprint density at radius 2 is 1.85 bits per heavy atom. The molecule has 0 aliphatic heterocycles. The second-order valence-electron chi connectivity index (χ2n) is 6.04. The molecule has 0 aliphatic rings. The largest absolute Gasteiger partial charge is 0.494 e. The van der Waals surface area contributed by atoms with Crippen LogP contribution >= 0.6 is 0 Å². The van der Waals surface area contributed by atoms with Gasteiger partial charge in [-0.25, -0.2) is 13.2 Å². The monoisotopic (exact) mass is 376 g/mol. The van der Waals surface area contributed by atoms with E-state index in [-0.39, 0.29) is 17.0 Å². The van der Waals surface area contributed by atoms with E-state index < -0.39 is 9.84 Å². The molecular weight excluding hydrogens is 352 g/mol. The van der Waals surface area contributed by atoms with Crippen molar-refractivity contribution in [2.45, 2.75) is 31.2 Å². The van der Waals surface area contributed by atoms with Crippen molar-refractivity contribution in [2.24, 2.45) is 0 Å². The Balaban J connectivity index is 1.97. The number of rotatable bonds is 7. The van der Waals surface area contributed by atoms with E-state index in [2.05, 4.69) is 10.6 Å². The zero-order valence-electron chi connectivity index (χ0n) is 15.2. The molecule has 26 heavy (non-hydrogen) atoms. The molecule has 0 heterocycles. The number of carbonyl (C=O) groups is 1. The van der Waals surface area contributed by atoms with Crippen LogP contribution < -0.4 is 15.4 Å². The lowest BCUT2D eigenvalue weighted by Gasteiger charge is -2.16. The van der Waals surface area contributed by atoms with Gasteiger partial charge in [0, 0.05) is 18.0 Å². The van der Waals surface area contributed by atoms with Crippen LogP contribution in [-0.2, 0) is 9.84 Å². The Kier molecular flexibility index (Phi) is 6.63. The van der Waals surface area contributed by atoms with Crippen LogP contribution in [0.4, 0.5) is 10.5 Å². The molecule has 2 aromatic carbocycles. The fraction of sp³-hybridized carbons (Fsp3) is 0.316. The van der Waals surface area contributed by atoms with Gasteiger partial charge < -0.3 is 15.4 Å². The smallest absolute Gasteiger partial charge is 0.319 e. The van der Waals surface area contributed by atoms with E-state index in [1.54, 1.807) is 24.3 Å². The van der Waals surface area contributed by atoms with E-state index in [1.165, 1.54) is 12.1 Å². The first-order chi connectivity index (χ1) is 12.3. The van der Waals surface area contributed by atoms with Gasteiger partial charge in [-0.1, -0.05) is 25.1 Å². The van der Waals surface area contributed by atoms with Crippen LogP contribution in [0.2, 0.25) is 0 Å². The lowest BCUT2D eigenvalue weighted by atomic mass is 10.1. The van der Waals surface area contributed by atoms with Gasteiger partial charge in [-0.3, -0.25) is 0 Å². The number of carbonyl (C=O) groups excluding carboxylic acids is 1.